The van der Waals surface area contributed by atoms with E-state index >= 15 is 0 Å². The van der Waals surface area contributed by atoms with E-state index in [4.69, 9.17) is 11.6 Å². The summed E-state index contributed by atoms with van der Waals surface area (Å²) in [4.78, 5) is 6.44. The molecule has 0 saturated carbocycles. The average molecular weight is 315 g/mol. The van der Waals surface area contributed by atoms with Gasteiger partial charge in [0.15, 0.2) is 0 Å². The third-order valence-electron chi connectivity index (χ3n) is 1.66. The van der Waals surface area contributed by atoms with Crippen LogP contribution in [0.5, 0.6) is 0 Å². The number of hydrogen-bond acceptors (Lipinski definition) is 3. The van der Waals surface area contributed by atoms with Gasteiger partial charge in [0, 0.05) is 10.4 Å². The van der Waals surface area contributed by atoms with Gasteiger partial charge in [-0.25, -0.2) is 8.42 Å². The zero-order valence-corrected chi connectivity index (χ0v) is 11.0. The van der Waals surface area contributed by atoms with Crippen LogP contribution in [0.25, 0.3) is 0 Å². The molecule has 1 rings (SSSR count). The molecule has 1 N–H and O–H groups in total. The van der Waals surface area contributed by atoms with Gasteiger partial charge in [0.25, 0.3) is 10.0 Å². The molecule has 0 radical (unpaired) electrons. The molecule has 1 aromatic rings. The number of alkyl halides is 1. The van der Waals surface area contributed by atoms with Crippen molar-refractivity contribution in [3.63, 3.8) is 0 Å². The molecule has 0 atom stereocenters. The average Bonchev–Trinajstić information content (AvgIpc) is 2.17. The summed E-state index contributed by atoms with van der Waals surface area (Å²) >= 11 is 8.93. The number of nitrogens with one attached hydrogen (secondary N) is 1. The summed E-state index contributed by atoms with van der Waals surface area (Å²) in [6.07, 6.45) is 0. The van der Waals surface area contributed by atoms with E-state index in [0.717, 1.165) is 0 Å². The van der Waals surface area contributed by atoms with Crippen LogP contribution in [0.4, 0.5) is 0 Å². The molecule has 15 heavy (non-hydrogen) atoms. The van der Waals surface area contributed by atoms with Gasteiger partial charge in [0.2, 0.25) is 0 Å². The van der Waals surface area contributed by atoms with Crippen LogP contribution < -0.4 is 4.89 Å². The van der Waals surface area contributed by atoms with Crippen LogP contribution in [0.15, 0.2) is 23.1 Å². The standard InChI is InChI=1S/C8H9BrClNO3S/c1-14-11-15(12,13)8-4-7(10)3-2-6(8)5-9/h2-4,11H,5H2,1H3. The minimum Gasteiger partial charge on any atom is -0.290 e. The lowest BCUT2D eigenvalue weighted by atomic mass is 10.2. The SMILES string of the molecule is CONS(=O)(=O)c1cc(Cl)ccc1CBr. The molecule has 0 fully saturated rings. The van der Waals surface area contributed by atoms with Gasteiger partial charge < -0.3 is 0 Å². The van der Waals surface area contributed by atoms with Crippen LogP contribution in [0.3, 0.4) is 0 Å². The van der Waals surface area contributed by atoms with Crippen molar-refractivity contribution in [1.29, 1.82) is 0 Å². The molecule has 0 aromatic heterocycles. The molecular weight excluding hydrogens is 306 g/mol. The molecular formula is C8H9BrClNO3S. The van der Waals surface area contributed by atoms with Gasteiger partial charge in [-0.05, 0) is 17.7 Å². The Kier molecular flexibility index (Phi) is 4.54. The highest BCUT2D eigenvalue weighted by Crippen LogP contribution is 2.22. The van der Waals surface area contributed by atoms with Gasteiger partial charge in [0.1, 0.15) is 0 Å². The van der Waals surface area contributed by atoms with Crippen molar-refractivity contribution in [2.45, 2.75) is 10.2 Å². The highest BCUT2D eigenvalue weighted by atomic mass is 79.9. The van der Waals surface area contributed by atoms with E-state index in [-0.39, 0.29) is 4.90 Å². The Labute approximate surface area is 102 Å². The lowest BCUT2D eigenvalue weighted by molar-refractivity contribution is 0.153. The van der Waals surface area contributed by atoms with Crippen LogP contribution in [-0.4, -0.2) is 15.5 Å². The molecule has 0 bridgehead atoms. The smallest absolute Gasteiger partial charge is 0.262 e. The van der Waals surface area contributed by atoms with Crippen molar-refractivity contribution in [2.24, 2.45) is 0 Å². The lowest BCUT2D eigenvalue weighted by Gasteiger charge is -2.08. The molecule has 0 aliphatic rings. The molecule has 0 aliphatic carbocycles. The second kappa shape index (κ2) is 5.27. The number of halogens is 2. The third-order valence-corrected chi connectivity index (χ3v) is 3.84. The van der Waals surface area contributed by atoms with E-state index in [9.17, 15) is 8.42 Å². The Hall–Kier alpha value is -0.140. The van der Waals surface area contributed by atoms with Gasteiger partial charge in [0.05, 0.1) is 12.0 Å². The van der Waals surface area contributed by atoms with Crippen LogP contribution in [0, 0.1) is 0 Å². The van der Waals surface area contributed by atoms with E-state index in [1.54, 1.807) is 12.1 Å². The number of sulfonamides is 1. The highest BCUT2D eigenvalue weighted by molar-refractivity contribution is 9.08. The van der Waals surface area contributed by atoms with E-state index in [1.807, 2.05) is 4.89 Å². The van der Waals surface area contributed by atoms with Crippen LogP contribution in [-0.2, 0) is 20.2 Å². The molecule has 0 heterocycles. The van der Waals surface area contributed by atoms with Gasteiger partial charge in [-0.15, -0.1) is 0 Å². The van der Waals surface area contributed by atoms with Crippen LogP contribution in [0.2, 0.25) is 5.02 Å². The summed E-state index contributed by atoms with van der Waals surface area (Å²) in [5.74, 6) is 0. The molecule has 84 valence electrons. The van der Waals surface area contributed by atoms with Crippen LogP contribution >= 0.6 is 27.5 Å². The zero-order chi connectivity index (χ0) is 11.5. The van der Waals surface area contributed by atoms with Crippen LogP contribution in [0.1, 0.15) is 5.56 Å². The van der Waals surface area contributed by atoms with Crippen molar-refractivity contribution in [1.82, 2.24) is 4.89 Å². The predicted molar refractivity (Wildman–Crippen MR) is 61.4 cm³/mol. The minimum absolute atomic E-state index is 0.105. The third kappa shape index (κ3) is 3.15. The molecule has 1 aromatic carbocycles. The molecule has 7 heteroatoms. The number of rotatable bonds is 4. The Morgan fingerprint density at radius 1 is 1.53 bits per heavy atom. The van der Waals surface area contributed by atoms with E-state index in [2.05, 4.69) is 20.8 Å². The second-order valence-electron chi connectivity index (χ2n) is 2.68. The van der Waals surface area contributed by atoms with E-state index in [1.165, 1.54) is 13.2 Å². The fourth-order valence-corrected chi connectivity index (χ4v) is 3.03. The quantitative estimate of drug-likeness (QED) is 0.684. The van der Waals surface area contributed by atoms with Crippen molar-refractivity contribution < 1.29 is 13.3 Å². The Morgan fingerprint density at radius 2 is 2.20 bits per heavy atom. The zero-order valence-electron chi connectivity index (χ0n) is 7.83. The summed E-state index contributed by atoms with van der Waals surface area (Å²) in [5.41, 5.74) is 0.615. The highest BCUT2D eigenvalue weighted by Gasteiger charge is 2.18. The monoisotopic (exact) mass is 313 g/mol. The van der Waals surface area contributed by atoms with Crippen molar-refractivity contribution >= 4 is 37.6 Å². The van der Waals surface area contributed by atoms with Gasteiger partial charge in [-0.2, -0.15) is 0 Å². The van der Waals surface area contributed by atoms with Crippen molar-refractivity contribution in [2.75, 3.05) is 7.11 Å². The van der Waals surface area contributed by atoms with Gasteiger partial charge in [-0.3, -0.25) is 4.84 Å². The summed E-state index contributed by atoms with van der Waals surface area (Å²) in [6, 6.07) is 4.64. The van der Waals surface area contributed by atoms with Crippen molar-refractivity contribution in [3.8, 4) is 0 Å². The number of hydrogen-bond donors (Lipinski definition) is 1. The summed E-state index contributed by atoms with van der Waals surface area (Å²) < 4.78 is 23.3. The Morgan fingerprint density at radius 3 is 2.73 bits per heavy atom. The maximum absolute atomic E-state index is 11.6. The largest absolute Gasteiger partial charge is 0.290 e. The summed E-state index contributed by atoms with van der Waals surface area (Å²) in [6.45, 7) is 0. The molecule has 0 saturated heterocycles. The van der Waals surface area contributed by atoms with E-state index in [0.29, 0.717) is 15.9 Å². The maximum atomic E-state index is 11.6. The Balaban J connectivity index is 3.28. The summed E-state index contributed by atoms with van der Waals surface area (Å²) in [7, 11) is -2.43. The number of benzene rings is 1. The predicted octanol–water partition coefficient (Wildman–Crippen LogP) is 2.07. The molecule has 4 nitrogen and oxygen atoms in total. The topological polar surface area (TPSA) is 55.4 Å². The first-order valence-corrected chi connectivity index (χ1v) is 6.88. The van der Waals surface area contributed by atoms with Gasteiger partial charge in [-0.1, -0.05) is 38.5 Å². The first-order valence-electron chi connectivity index (χ1n) is 3.90. The van der Waals surface area contributed by atoms with E-state index < -0.39 is 10.0 Å². The summed E-state index contributed by atoms with van der Waals surface area (Å²) in [5, 5.41) is 0.778. The normalized spacial score (nSPS) is 11.7. The van der Waals surface area contributed by atoms with Crippen molar-refractivity contribution in [3.05, 3.63) is 28.8 Å². The molecule has 0 spiro atoms. The fraction of sp³-hybridized carbons (Fsp3) is 0.250. The Bertz CT molecular complexity index is 449. The maximum Gasteiger partial charge on any atom is 0.262 e. The second-order valence-corrected chi connectivity index (χ2v) is 5.29. The molecule has 0 aliphatic heterocycles. The molecule has 0 unspecified atom stereocenters. The first kappa shape index (κ1) is 12.9. The fourth-order valence-electron chi connectivity index (χ4n) is 1.04. The molecule has 0 amide bonds. The van der Waals surface area contributed by atoms with Gasteiger partial charge >= 0.3 is 0 Å². The minimum atomic E-state index is -3.66. The lowest BCUT2D eigenvalue weighted by Crippen LogP contribution is -2.23. The first-order chi connectivity index (χ1) is 7.01.